The minimum absolute atomic E-state index is 0.860. The van der Waals surface area contributed by atoms with Crippen molar-refractivity contribution in [2.45, 2.75) is 0 Å². The summed E-state index contributed by atoms with van der Waals surface area (Å²) in [6, 6.07) is 87.0. The van der Waals surface area contributed by atoms with Crippen molar-refractivity contribution in [3.63, 3.8) is 0 Å². The van der Waals surface area contributed by atoms with Gasteiger partial charge in [0.1, 0.15) is 11.2 Å². The molecular weight excluding hydrogens is 765 g/mol. The maximum Gasteiger partial charge on any atom is 0.137 e. The highest BCUT2D eigenvalue weighted by Crippen LogP contribution is 2.43. The Balaban J connectivity index is 0.972. The number of hydrogen-bond acceptors (Lipinski definition) is 2. The first-order valence-electron chi connectivity index (χ1n) is 21.5. The molecule has 0 N–H and O–H groups in total. The fraction of sp³-hybridized carbons (Fsp3) is 0. The van der Waals surface area contributed by atoms with E-state index >= 15 is 0 Å². The van der Waals surface area contributed by atoms with E-state index in [4.69, 9.17) is 4.42 Å². The van der Waals surface area contributed by atoms with Crippen LogP contribution in [0.4, 0.5) is 17.1 Å². The summed E-state index contributed by atoms with van der Waals surface area (Å²) in [7, 11) is 0. The van der Waals surface area contributed by atoms with Gasteiger partial charge in [-0.3, -0.25) is 0 Å². The van der Waals surface area contributed by atoms with Gasteiger partial charge >= 0.3 is 0 Å². The molecule has 0 atom stereocenters. The Bertz CT molecular complexity index is 3590. The smallest absolute Gasteiger partial charge is 0.137 e. The monoisotopic (exact) mass is 804 g/mol. The third-order valence-corrected chi connectivity index (χ3v) is 12.4. The van der Waals surface area contributed by atoms with Crippen molar-refractivity contribution < 1.29 is 4.42 Å². The number of hydrogen-bond donors (Lipinski definition) is 0. The van der Waals surface area contributed by atoms with Gasteiger partial charge in [-0.25, -0.2) is 0 Å². The van der Waals surface area contributed by atoms with Crippen molar-refractivity contribution in [3.05, 3.63) is 243 Å². The van der Waals surface area contributed by atoms with Crippen LogP contribution in [0.2, 0.25) is 0 Å². The lowest BCUT2D eigenvalue weighted by Crippen LogP contribution is -2.09. The molecule has 0 spiro atoms. The van der Waals surface area contributed by atoms with Gasteiger partial charge in [-0.1, -0.05) is 170 Å². The van der Waals surface area contributed by atoms with Crippen molar-refractivity contribution in [3.8, 4) is 50.2 Å². The highest BCUT2D eigenvalue weighted by molar-refractivity contribution is 6.14. The van der Waals surface area contributed by atoms with E-state index < -0.39 is 0 Å². The van der Waals surface area contributed by atoms with Crippen molar-refractivity contribution >= 4 is 60.8 Å². The largest absolute Gasteiger partial charge is 0.456 e. The normalized spacial score (nSPS) is 11.5. The molecule has 0 fully saturated rings. The maximum atomic E-state index is 6.44. The van der Waals surface area contributed by atoms with E-state index in [1.807, 2.05) is 12.1 Å². The fourth-order valence-electron chi connectivity index (χ4n) is 9.44. The average molecular weight is 805 g/mol. The number of furan rings is 1. The summed E-state index contributed by atoms with van der Waals surface area (Å²) in [6.45, 7) is 0. The fourth-order valence-corrected chi connectivity index (χ4v) is 9.44. The molecule has 2 aromatic heterocycles. The van der Waals surface area contributed by atoms with Crippen LogP contribution in [0.15, 0.2) is 247 Å². The number of benzene rings is 10. The zero-order valence-electron chi connectivity index (χ0n) is 34.4. The van der Waals surface area contributed by atoms with Crippen LogP contribution >= 0.6 is 0 Å². The Morgan fingerprint density at radius 1 is 0.302 bits per heavy atom. The van der Waals surface area contributed by atoms with E-state index in [1.165, 1.54) is 55.2 Å². The van der Waals surface area contributed by atoms with Gasteiger partial charge in [0, 0.05) is 55.9 Å². The highest BCUT2D eigenvalue weighted by atomic mass is 16.3. The molecule has 3 nitrogen and oxygen atoms in total. The Labute approximate surface area is 366 Å². The van der Waals surface area contributed by atoms with Gasteiger partial charge in [-0.15, -0.1) is 0 Å². The third-order valence-electron chi connectivity index (χ3n) is 12.4. The zero-order valence-corrected chi connectivity index (χ0v) is 34.4. The van der Waals surface area contributed by atoms with Gasteiger partial charge in [0.05, 0.1) is 11.0 Å². The minimum atomic E-state index is 0.860. The van der Waals surface area contributed by atoms with E-state index in [-0.39, 0.29) is 0 Å². The molecule has 0 radical (unpaired) electrons. The minimum Gasteiger partial charge on any atom is -0.456 e. The van der Waals surface area contributed by atoms with Gasteiger partial charge < -0.3 is 13.9 Å². The molecule has 12 rings (SSSR count). The first-order valence-corrected chi connectivity index (χ1v) is 21.5. The second kappa shape index (κ2) is 15.3. The Kier molecular flexibility index (Phi) is 8.83. The molecule has 0 aliphatic heterocycles. The lowest BCUT2D eigenvalue weighted by atomic mass is 9.91. The summed E-state index contributed by atoms with van der Waals surface area (Å²) in [5.74, 6) is 0. The molecule has 0 amide bonds. The van der Waals surface area contributed by atoms with Gasteiger partial charge in [0.25, 0.3) is 0 Å². The number of nitrogens with zero attached hydrogens (tertiary/aromatic N) is 2. The lowest BCUT2D eigenvalue weighted by molar-refractivity contribution is 0.669. The van der Waals surface area contributed by atoms with Crippen LogP contribution in [0, 0.1) is 0 Å². The van der Waals surface area contributed by atoms with Gasteiger partial charge in [-0.05, 0) is 106 Å². The highest BCUT2D eigenvalue weighted by Gasteiger charge is 2.19. The molecule has 296 valence electrons. The van der Waals surface area contributed by atoms with Crippen LogP contribution in [0.1, 0.15) is 0 Å². The second-order valence-electron chi connectivity index (χ2n) is 16.1. The number of anilines is 3. The summed E-state index contributed by atoms with van der Waals surface area (Å²) in [6.07, 6.45) is 0. The average Bonchev–Trinajstić information content (AvgIpc) is 3.91. The van der Waals surface area contributed by atoms with Crippen LogP contribution in [-0.2, 0) is 0 Å². The maximum absolute atomic E-state index is 6.44. The Morgan fingerprint density at radius 2 is 0.841 bits per heavy atom. The van der Waals surface area contributed by atoms with Crippen LogP contribution in [0.25, 0.3) is 93.9 Å². The van der Waals surface area contributed by atoms with Crippen LogP contribution in [0.3, 0.4) is 0 Å². The zero-order chi connectivity index (χ0) is 41.7. The van der Waals surface area contributed by atoms with Crippen molar-refractivity contribution in [1.29, 1.82) is 0 Å². The van der Waals surface area contributed by atoms with E-state index in [1.54, 1.807) is 0 Å². The quantitative estimate of drug-likeness (QED) is 0.153. The first-order chi connectivity index (χ1) is 31.2. The Morgan fingerprint density at radius 3 is 1.57 bits per heavy atom. The summed E-state index contributed by atoms with van der Waals surface area (Å²) in [4.78, 5) is 2.33. The molecule has 0 bridgehead atoms. The van der Waals surface area contributed by atoms with Gasteiger partial charge in [0.15, 0.2) is 0 Å². The van der Waals surface area contributed by atoms with Crippen molar-refractivity contribution in [2.75, 3.05) is 4.90 Å². The molecule has 2 heterocycles. The number of para-hydroxylation sites is 4. The van der Waals surface area contributed by atoms with Gasteiger partial charge in [0.2, 0.25) is 0 Å². The van der Waals surface area contributed by atoms with E-state index in [9.17, 15) is 0 Å². The molecule has 12 aromatic rings. The Hall–Kier alpha value is -8.40. The summed E-state index contributed by atoms with van der Waals surface area (Å²) in [5.41, 5.74) is 17.9. The number of rotatable bonds is 8. The van der Waals surface area contributed by atoms with Crippen LogP contribution < -0.4 is 4.90 Å². The van der Waals surface area contributed by atoms with E-state index in [0.29, 0.717) is 0 Å². The molecule has 10 aromatic carbocycles. The number of fused-ring (bicyclic) bond motifs is 6. The molecule has 0 saturated carbocycles. The predicted octanol–water partition coefficient (Wildman–Crippen LogP) is 16.8. The van der Waals surface area contributed by atoms with Crippen molar-refractivity contribution in [1.82, 2.24) is 4.57 Å². The topological polar surface area (TPSA) is 21.3 Å². The molecule has 0 aliphatic carbocycles. The molecule has 0 aliphatic rings. The summed E-state index contributed by atoms with van der Waals surface area (Å²) >= 11 is 0. The molecule has 0 saturated heterocycles. The van der Waals surface area contributed by atoms with Gasteiger partial charge in [-0.2, -0.15) is 0 Å². The summed E-state index contributed by atoms with van der Waals surface area (Å²) in [5, 5.41) is 4.71. The third kappa shape index (κ3) is 6.38. The molecular formula is C60H40N2O. The standard InChI is InChI=1S/C60H40N2O/c1-4-15-42(16-5-1)50-37-31-45(39-56(50)43-17-6-2-7-18-43)41-27-32-47(33-28-41)61(49-36-38-54-53-22-11-13-26-58(53)63-59(54)40-49)48-34-29-44(30-35-48)51-23-14-24-55-52-21-10-12-25-57(52)62(60(51)55)46-19-8-3-9-20-46/h1-40H. The summed E-state index contributed by atoms with van der Waals surface area (Å²) < 4.78 is 8.85. The van der Waals surface area contributed by atoms with Crippen LogP contribution in [0.5, 0.6) is 0 Å². The number of aromatic nitrogens is 1. The second-order valence-corrected chi connectivity index (χ2v) is 16.1. The lowest BCUT2D eigenvalue weighted by Gasteiger charge is -2.26. The van der Waals surface area contributed by atoms with E-state index in [0.717, 1.165) is 55.8 Å². The molecule has 63 heavy (non-hydrogen) atoms. The van der Waals surface area contributed by atoms with Crippen LogP contribution in [-0.4, -0.2) is 4.57 Å². The SMILES string of the molecule is c1ccc(-c2ccc(-c3ccc(N(c4ccc(-c5cccc6c7ccccc7n(-c7ccccc7)c56)cc4)c4ccc5c(c4)oc4ccccc45)cc3)cc2-c2ccccc2)cc1. The van der Waals surface area contributed by atoms with Crippen molar-refractivity contribution in [2.24, 2.45) is 0 Å². The first kappa shape index (κ1) is 36.5. The van der Waals surface area contributed by atoms with E-state index in [2.05, 4.69) is 240 Å². The molecule has 0 unspecified atom stereocenters. The predicted molar refractivity (Wildman–Crippen MR) is 264 cm³/mol. The molecule has 3 heteroatoms.